The van der Waals surface area contributed by atoms with Crippen molar-refractivity contribution in [2.75, 3.05) is 18.5 Å². The van der Waals surface area contributed by atoms with Crippen LogP contribution < -0.4 is 14.8 Å². The predicted molar refractivity (Wildman–Crippen MR) is 96.9 cm³/mol. The SMILES string of the molecule is CCOc1ccc(NCc2cc(I)c(O)c(OCC)c2)cc1. The average molecular weight is 413 g/mol. The Morgan fingerprint density at radius 1 is 1.05 bits per heavy atom. The summed E-state index contributed by atoms with van der Waals surface area (Å²) in [5, 5.41) is 13.3. The molecule has 5 heteroatoms. The molecule has 2 aromatic carbocycles. The Labute approximate surface area is 144 Å². The highest BCUT2D eigenvalue weighted by Crippen LogP contribution is 2.33. The Kier molecular flexibility index (Phi) is 6.18. The van der Waals surface area contributed by atoms with Crippen molar-refractivity contribution < 1.29 is 14.6 Å². The fourth-order valence-electron chi connectivity index (χ4n) is 2.03. The number of rotatable bonds is 7. The van der Waals surface area contributed by atoms with Gasteiger partial charge in [-0.2, -0.15) is 0 Å². The highest BCUT2D eigenvalue weighted by atomic mass is 127. The van der Waals surface area contributed by atoms with Crippen LogP contribution in [0.25, 0.3) is 0 Å². The number of phenolic OH excluding ortho intramolecular Hbond substituents is 1. The van der Waals surface area contributed by atoms with Gasteiger partial charge in [-0.25, -0.2) is 0 Å². The molecule has 2 aromatic rings. The second-order valence-corrected chi connectivity index (χ2v) is 5.83. The van der Waals surface area contributed by atoms with Crippen molar-refractivity contribution >= 4 is 28.3 Å². The molecule has 0 spiro atoms. The molecule has 0 aliphatic carbocycles. The van der Waals surface area contributed by atoms with Crippen LogP contribution in [0.4, 0.5) is 5.69 Å². The van der Waals surface area contributed by atoms with Gasteiger partial charge in [-0.3, -0.25) is 0 Å². The fourth-order valence-corrected chi connectivity index (χ4v) is 2.70. The molecule has 0 aliphatic heterocycles. The molecule has 22 heavy (non-hydrogen) atoms. The van der Waals surface area contributed by atoms with Crippen LogP contribution >= 0.6 is 22.6 Å². The van der Waals surface area contributed by atoms with E-state index in [4.69, 9.17) is 9.47 Å². The summed E-state index contributed by atoms with van der Waals surface area (Å²) in [4.78, 5) is 0. The van der Waals surface area contributed by atoms with Crippen LogP contribution in [0.15, 0.2) is 36.4 Å². The Balaban J connectivity index is 2.04. The minimum absolute atomic E-state index is 0.201. The molecule has 0 bridgehead atoms. The minimum Gasteiger partial charge on any atom is -0.504 e. The quantitative estimate of drug-likeness (QED) is 0.661. The van der Waals surface area contributed by atoms with Gasteiger partial charge < -0.3 is 19.9 Å². The summed E-state index contributed by atoms with van der Waals surface area (Å²) in [7, 11) is 0. The third-order valence-corrected chi connectivity index (χ3v) is 3.87. The molecule has 0 saturated carbocycles. The lowest BCUT2D eigenvalue weighted by molar-refractivity contribution is 0.317. The number of ether oxygens (including phenoxy) is 2. The van der Waals surface area contributed by atoms with Crippen LogP contribution in [0.3, 0.4) is 0 Å². The van der Waals surface area contributed by atoms with Gasteiger partial charge in [0.05, 0.1) is 16.8 Å². The predicted octanol–water partition coefficient (Wildman–Crippen LogP) is 4.41. The Bertz CT molecular complexity index is 614. The van der Waals surface area contributed by atoms with Crippen molar-refractivity contribution in [1.82, 2.24) is 0 Å². The van der Waals surface area contributed by atoms with Crippen molar-refractivity contribution in [3.05, 3.63) is 45.5 Å². The first kappa shape index (κ1) is 16.7. The third-order valence-electron chi connectivity index (χ3n) is 3.05. The molecule has 0 aliphatic rings. The Morgan fingerprint density at radius 3 is 2.36 bits per heavy atom. The van der Waals surface area contributed by atoms with Gasteiger partial charge in [0.1, 0.15) is 5.75 Å². The number of halogens is 1. The van der Waals surface area contributed by atoms with Gasteiger partial charge in [-0.15, -0.1) is 0 Å². The number of aromatic hydroxyl groups is 1. The molecule has 0 heterocycles. The first-order valence-electron chi connectivity index (χ1n) is 7.25. The van der Waals surface area contributed by atoms with E-state index < -0.39 is 0 Å². The van der Waals surface area contributed by atoms with Crippen LogP contribution in [0.5, 0.6) is 17.2 Å². The van der Waals surface area contributed by atoms with Gasteiger partial charge in [0, 0.05) is 12.2 Å². The lowest BCUT2D eigenvalue weighted by atomic mass is 10.2. The minimum atomic E-state index is 0.201. The highest BCUT2D eigenvalue weighted by molar-refractivity contribution is 14.1. The molecule has 0 amide bonds. The normalized spacial score (nSPS) is 10.3. The molecule has 0 radical (unpaired) electrons. The van der Waals surface area contributed by atoms with E-state index in [2.05, 4.69) is 27.9 Å². The summed E-state index contributed by atoms with van der Waals surface area (Å²) < 4.78 is 11.7. The van der Waals surface area contributed by atoms with E-state index in [1.54, 1.807) is 0 Å². The van der Waals surface area contributed by atoms with Crippen molar-refractivity contribution in [2.45, 2.75) is 20.4 Å². The van der Waals surface area contributed by atoms with Gasteiger partial charge in [0.2, 0.25) is 0 Å². The third kappa shape index (κ3) is 4.43. The molecule has 0 saturated heterocycles. The van der Waals surface area contributed by atoms with E-state index in [0.29, 0.717) is 25.5 Å². The number of anilines is 1. The second kappa shape index (κ2) is 8.12. The number of hydrogen-bond donors (Lipinski definition) is 2. The van der Waals surface area contributed by atoms with Crippen LogP contribution in [0.1, 0.15) is 19.4 Å². The van der Waals surface area contributed by atoms with Crippen LogP contribution in [0.2, 0.25) is 0 Å². The number of nitrogens with one attached hydrogen (secondary N) is 1. The molecular formula is C17H20INO3. The van der Waals surface area contributed by atoms with Crippen molar-refractivity contribution in [1.29, 1.82) is 0 Å². The largest absolute Gasteiger partial charge is 0.504 e. The van der Waals surface area contributed by atoms with Crippen LogP contribution in [-0.2, 0) is 6.54 Å². The molecule has 0 unspecified atom stereocenters. The van der Waals surface area contributed by atoms with Crippen LogP contribution in [-0.4, -0.2) is 18.3 Å². The van der Waals surface area contributed by atoms with Crippen molar-refractivity contribution in [3.8, 4) is 17.2 Å². The van der Waals surface area contributed by atoms with Gasteiger partial charge in [0.25, 0.3) is 0 Å². The van der Waals surface area contributed by atoms with Gasteiger partial charge in [-0.1, -0.05) is 0 Å². The maximum atomic E-state index is 9.95. The molecule has 4 nitrogen and oxygen atoms in total. The summed E-state index contributed by atoms with van der Waals surface area (Å²) >= 11 is 2.11. The molecule has 0 aromatic heterocycles. The maximum Gasteiger partial charge on any atom is 0.171 e. The standard InChI is InChI=1S/C17H20INO3/c1-3-21-14-7-5-13(6-8-14)19-11-12-9-15(18)17(20)16(10-12)22-4-2/h5-10,19-20H,3-4,11H2,1-2H3. The molecule has 0 fully saturated rings. The molecular weight excluding hydrogens is 393 g/mol. The molecule has 0 atom stereocenters. The van der Waals surface area contributed by atoms with Crippen LogP contribution in [0, 0.1) is 3.57 Å². The fraction of sp³-hybridized carbons (Fsp3) is 0.294. The maximum absolute atomic E-state index is 9.95. The zero-order chi connectivity index (χ0) is 15.9. The van der Waals surface area contributed by atoms with E-state index in [-0.39, 0.29) is 5.75 Å². The van der Waals surface area contributed by atoms with Crippen molar-refractivity contribution in [2.24, 2.45) is 0 Å². The van der Waals surface area contributed by atoms with Crippen molar-refractivity contribution in [3.63, 3.8) is 0 Å². The van der Waals surface area contributed by atoms with E-state index in [1.165, 1.54) is 0 Å². The lowest BCUT2D eigenvalue weighted by Gasteiger charge is -2.12. The first-order chi connectivity index (χ1) is 10.6. The average Bonchev–Trinajstić information content (AvgIpc) is 2.52. The summed E-state index contributed by atoms with van der Waals surface area (Å²) in [5.74, 6) is 1.59. The van der Waals surface area contributed by atoms with Gasteiger partial charge in [-0.05, 0) is 78.4 Å². The molecule has 118 valence electrons. The zero-order valence-electron chi connectivity index (χ0n) is 12.7. The number of phenols is 1. The zero-order valence-corrected chi connectivity index (χ0v) is 14.9. The number of hydrogen-bond acceptors (Lipinski definition) is 4. The number of benzene rings is 2. The van der Waals surface area contributed by atoms with E-state index in [0.717, 1.165) is 20.6 Å². The Morgan fingerprint density at radius 2 is 1.73 bits per heavy atom. The Hall–Kier alpha value is -1.63. The van der Waals surface area contributed by atoms with Gasteiger partial charge >= 0.3 is 0 Å². The lowest BCUT2D eigenvalue weighted by Crippen LogP contribution is -2.01. The summed E-state index contributed by atoms with van der Waals surface area (Å²) in [6.07, 6.45) is 0. The van der Waals surface area contributed by atoms with E-state index in [1.807, 2.05) is 50.2 Å². The molecule has 2 N–H and O–H groups in total. The van der Waals surface area contributed by atoms with Gasteiger partial charge in [0.15, 0.2) is 11.5 Å². The van der Waals surface area contributed by atoms with E-state index >= 15 is 0 Å². The monoisotopic (exact) mass is 413 g/mol. The summed E-state index contributed by atoms with van der Waals surface area (Å²) in [6.45, 7) is 5.72. The topological polar surface area (TPSA) is 50.7 Å². The smallest absolute Gasteiger partial charge is 0.171 e. The first-order valence-corrected chi connectivity index (χ1v) is 8.32. The summed E-state index contributed by atoms with van der Waals surface area (Å²) in [5.41, 5.74) is 2.07. The summed E-state index contributed by atoms with van der Waals surface area (Å²) in [6, 6.07) is 11.7. The second-order valence-electron chi connectivity index (χ2n) is 4.67. The molecule has 2 rings (SSSR count). The van der Waals surface area contributed by atoms with E-state index in [9.17, 15) is 5.11 Å². The highest BCUT2D eigenvalue weighted by Gasteiger charge is 2.09.